The second-order valence-corrected chi connectivity index (χ2v) is 3.53. The van der Waals surface area contributed by atoms with Gasteiger partial charge in [0.2, 0.25) is 0 Å². The van der Waals surface area contributed by atoms with E-state index in [9.17, 15) is 23.7 Å². The number of nitro groups is 1. The van der Waals surface area contributed by atoms with E-state index in [0.29, 0.717) is 0 Å². The van der Waals surface area contributed by atoms with Crippen LogP contribution in [0.4, 0.5) is 14.5 Å². The average Bonchev–Trinajstić information content (AvgIpc) is 2.26. The van der Waals surface area contributed by atoms with Crippen LogP contribution in [0, 0.1) is 10.1 Å². The van der Waals surface area contributed by atoms with E-state index in [4.69, 9.17) is 0 Å². The highest BCUT2D eigenvalue weighted by Crippen LogP contribution is 2.31. The van der Waals surface area contributed by atoms with E-state index in [0.717, 1.165) is 19.1 Å². The summed E-state index contributed by atoms with van der Waals surface area (Å²) in [5.41, 5.74) is -0.868. The van der Waals surface area contributed by atoms with Gasteiger partial charge in [-0.25, -0.2) is 8.78 Å². The van der Waals surface area contributed by atoms with Crippen LogP contribution in [0.3, 0.4) is 0 Å². The fourth-order valence-electron chi connectivity index (χ4n) is 1.64. The van der Waals surface area contributed by atoms with Crippen LogP contribution in [0.25, 0.3) is 0 Å². The van der Waals surface area contributed by atoms with Crippen molar-refractivity contribution < 1.29 is 18.5 Å². The van der Waals surface area contributed by atoms with Crippen molar-refractivity contribution in [1.82, 2.24) is 0 Å². The molecular weight excluding hydrogens is 232 g/mol. The topological polar surface area (TPSA) is 60.2 Å². The molecule has 0 saturated heterocycles. The summed E-state index contributed by atoms with van der Waals surface area (Å²) in [6.45, 7) is 2.72. The minimum atomic E-state index is -2.82. The van der Waals surface area contributed by atoms with Gasteiger partial charge in [0, 0.05) is 23.3 Å². The summed E-state index contributed by atoms with van der Waals surface area (Å²) in [6, 6.07) is 2.00. The number of carbonyl (C=O) groups is 1. The molecule has 0 aromatic heterocycles. The van der Waals surface area contributed by atoms with Crippen molar-refractivity contribution in [3.63, 3.8) is 0 Å². The zero-order chi connectivity index (χ0) is 13.2. The number of aryl methyl sites for hydroxylation is 1. The van der Waals surface area contributed by atoms with Gasteiger partial charge in [-0.05, 0) is 18.9 Å². The highest BCUT2D eigenvalue weighted by atomic mass is 19.3. The molecule has 0 amide bonds. The van der Waals surface area contributed by atoms with Gasteiger partial charge >= 0.3 is 0 Å². The van der Waals surface area contributed by atoms with Crippen LogP contribution in [0.15, 0.2) is 12.1 Å². The van der Waals surface area contributed by atoms with Gasteiger partial charge in [0.05, 0.1) is 4.92 Å². The highest BCUT2D eigenvalue weighted by Gasteiger charge is 2.23. The molecule has 0 aliphatic carbocycles. The van der Waals surface area contributed by atoms with Crippen molar-refractivity contribution in [3.8, 4) is 0 Å². The Kier molecular flexibility index (Phi) is 3.88. The van der Waals surface area contributed by atoms with Gasteiger partial charge in [-0.1, -0.05) is 6.92 Å². The lowest BCUT2D eigenvalue weighted by Crippen LogP contribution is -2.06. The van der Waals surface area contributed by atoms with Gasteiger partial charge in [-0.15, -0.1) is 0 Å². The number of ketones is 1. The van der Waals surface area contributed by atoms with Crippen LogP contribution < -0.4 is 0 Å². The minimum Gasteiger partial charge on any atom is -0.294 e. The van der Waals surface area contributed by atoms with Crippen LogP contribution in [-0.2, 0) is 6.42 Å². The Morgan fingerprint density at radius 1 is 1.47 bits per heavy atom. The Morgan fingerprint density at radius 3 is 2.41 bits per heavy atom. The second kappa shape index (κ2) is 4.99. The standard InChI is InChI=1S/C11H11F2NO3/c1-3-7-4-8(14(16)17)5-9(6(2)15)10(7)11(12)13/h4-5,11H,3H2,1-2H3. The minimum absolute atomic E-state index is 0.138. The summed E-state index contributed by atoms with van der Waals surface area (Å²) >= 11 is 0. The number of carbonyl (C=O) groups excluding carboxylic acids is 1. The molecule has 0 N–H and O–H groups in total. The van der Waals surface area contributed by atoms with E-state index in [2.05, 4.69) is 0 Å². The molecule has 0 heterocycles. The number of hydrogen-bond acceptors (Lipinski definition) is 3. The monoisotopic (exact) mass is 243 g/mol. The third-order valence-corrected chi connectivity index (χ3v) is 2.44. The number of halogens is 2. The molecule has 0 bridgehead atoms. The van der Waals surface area contributed by atoms with E-state index >= 15 is 0 Å². The second-order valence-electron chi connectivity index (χ2n) is 3.53. The number of rotatable bonds is 4. The Morgan fingerprint density at radius 2 is 2.06 bits per heavy atom. The van der Waals surface area contributed by atoms with Crippen molar-refractivity contribution >= 4 is 11.5 Å². The van der Waals surface area contributed by atoms with Crippen LogP contribution >= 0.6 is 0 Å². The highest BCUT2D eigenvalue weighted by molar-refractivity contribution is 5.96. The fourth-order valence-corrected chi connectivity index (χ4v) is 1.64. The molecule has 1 rings (SSSR count). The summed E-state index contributed by atoms with van der Waals surface area (Å²) in [7, 11) is 0. The van der Waals surface area contributed by atoms with Gasteiger partial charge in [0.15, 0.2) is 5.78 Å². The van der Waals surface area contributed by atoms with Gasteiger partial charge in [-0.3, -0.25) is 14.9 Å². The first-order valence-corrected chi connectivity index (χ1v) is 4.98. The number of hydrogen-bond donors (Lipinski definition) is 0. The summed E-state index contributed by atoms with van der Waals surface area (Å²) in [4.78, 5) is 21.2. The molecule has 0 aliphatic rings. The number of Topliss-reactive ketones (excluding diaryl/α,β-unsaturated/α-hetero) is 1. The molecule has 0 spiro atoms. The molecule has 92 valence electrons. The summed E-state index contributed by atoms with van der Waals surface area (Å²) in [5, 5.41) is 10.6. The zero-order valence-corrected chi connectivity index (χ0v) is 9.37. The molecule has 1 aromatic rings. The molecule has 6 heteroatoms. The van der Waals surface area contributed by atoms with Crippen molar-refractivity contribution in [2.24, 2.45) is 0 Å². The van der Waals surface area contributed by atoms with Gasteiger partial charge < -0.3 is 0 Å². The summed E-state index contributed by atoms with van der Waals surface area (Å²) in [6.07, 6.45) is -2.61. The summed E-state index contributed by atoms with van der Waals surface area (Å²) in [5.74, 6) is -0.598. The number of nitrogens with zero attached hydrogens (tertiary/aromatic N) is 1. The third kappa shape index (κ3) is 2.64. The van der Waals surface area contributed by atoms with Crippen LogP contribution in [0.5, 0.6) is 0 Å². The Bertz CT molecular complexity index is 472. The van der Waals surface area contributed by atoms with E-state index in [1.165, 1.54) is 0 Å². The molecule has 1 aromatic carbocycles. The van der Waals surface area contributed by atoms with Crippen molar-refractivity contribution in [2.45, 2.75) is 26.7 Å². The van der Waals surface area contributed by atoms with Gasteiger partial charge in [-0.2, -0.15) is 0 Å². The molecule has 0 aliphatic heterocycles. The van der Waals surface area contributed by atoms with Crippen molar-refractivity contribution in [2.75, 3.05) is 0 Å². The van der Waals surface area contributed by atoms with E-state index in [-0.39, 0.29) is 23.2 Å². The fraction of sp³-hybridized carbons (Fsp3) is 0.364. The predicted octanol–water partition coefficient (Wildman–Crippen LogP) is 3.30. The third-order valence-electron chi connectivity index (χ3n) is 2.44. The number of non-ortho nitro benzene ring substituents is 1. The maximum atomic E-state index is 12.8. The molecule has 0 atom stereocenters. The van der Waals surface area contributed by atoms with Crippen molar-refractivity contribution in [3.05, 3.63) is 38.9 Å². The van der Waals surface area contributed by atoms with Gasteiger partial charge in [0.25, 0.3) is 12.1 Å². The lowest BCUT2D eigenvalue weighted by atomic mass is 9.96. The van der Waals surface area contributed by atoms with Gasteiger partial charge in [0.1, 0.15) is 0 Å². The predicted molar refractivity (Wildman–Crippen MR) is 57.4 cm³/mol. The van der Waals surface area contributed by atoms with E-state index in [1.807, 2.05) is 0 Å². The molecule has 17 heavy (non-hydrogen) atoms. The van der Waals surface area contributed by atoms with Crippen LogP contribution in [-0.4, -0.2) is 10.7 Å². The molecule has 0 saturated carbocycles. The molecule has 0 unspecified atom stereocenters. The van der Waals surface area contributed by atoms with E-state index < -0.39 is 22.7 Å². The first-order chi connectivity index (χ1) is 7.88. The Balaban J connectivity index is 3.57. The molecule has 4 nitrogen and oxygen atoms in total. The normalized spacial score (nSPS) is 10.6. The van der Waals surface area contributed by atoms with Crippen LogP contribution in [0.1, 0.15) is 41.8 Å². The molecule has 0 radical (unpaired) electrons. The zero-order valence-electron chi connectivity index (χ0n) is 9.37. The largest absolute Gasteiger partial charge is 0.294 e. The van der Waals surface area contributed by atoms with Crippen molar-refractivity contribution in [1.29, 1.82) is 0 Å². The summed E-state index contributed by atoms with van der Waals surface area (Å²) < 4.78 is 25.7. The Hall–Kier alpha value is -1.85. The maximum absolute atomic E-state index is 12.8. The SMILES string of the molecule is CCc1cc([N+](=O)[O-])cc(C(C)=O)c1C(F)F. The number of nitro benzene ring substituents is 1. The Labute approximate surface area is 96.4 Å². The quantitative estimate of drug-likeness (QED) is 0.463. The molecular formula is C11H11F2NO3. The van der Waals surface area contributed by atoms with Crippen LogP contribution in [0.2, 0.25) is 0 Å². The lowest BCUT2D eigenvalue weighted by Gasteiger charge is -2.11. The molecule has 0 fully saturated rings. The number of alkyl halides is 2. The first-order valence-electron chi connectivity index (χ1n) is 4.98. The average molecular weight is 243 g/mol. The first kappa shape index (κ1) is 13.2. The smallest absolute Gasteiger partial charge is 0.270 e. The van der Waals surface area contributed by atoms with E-state index in [1.54, 1.807) is 6.92 Å². The lowest BCUT2D eigenvalue weighted by molar-refractivity contribution is -0.385. The maximum Gasteiger partial charge on any atom is 0.270 e. The number of benzene rings is 1.